The summed E-state index contributed by atoms with van der Waals surface area (Å²) in [6.45, 7) is 3.56. The maximum atomic E-state index is 12.0. The molecule has 1 aromatic carbocycles. The zero-order chi connectivity index (χ0) is 15.9. The van der Waals surface area contributed by atoms with Gasteiger partial charge in [-0.15, -0.1) is 0 Å². The van der Waals surface area contributed by atoms with E-state index in [1.165, 1.54) is 0 Å². The lowest BCUT2D eigenvalue weighted by Gasteiger charge is -2.14. The van der Waals surface area contributed by atoms with Gasteiger partial charge in [0.2, 0.25) is 0 Å². The van der Waals surface area contributed by atoms with Gasteiger partial charge in [0.1, 0.15) is 5.75 Å². The fraction of sp³-hybridized carbons (Fsp3) is 0.571. The van der Waals surface area contributed by atoms with E-state index in [0.29, 0.717) is 26.1 Å². The van der Waals surface area contributed by atoms with E-state index in [4.69, 9.17) is 4.74 Å². The van der Waals surface area contributed by atoms with E-state index in [1.54, 1.807) is 0 Å². The highest BCUT2D eigenvalue weighted by Crippen LogP contribution is 2.33. The molecule has 2 nitrogen and oxygen atoms in total. The molecule has 0 saturated carbocycles. The minimum absolute atomic E-state index is 0.150. The molecule has 7 heteroatoms. The molecule has 0 aliphatic heterocycles. The first-order valence-corrected chi connectivity index (χ1v) is 8.30. The topological polar surface area (TPSA) is 21.3 Å². The number of unbranched alkanes of at least 4 members (excludes halogenated alkanes) is 1. The minimum Gasteiger partial charge on any atom is -0.492 e. The van der Waals surface area contributed by atoms with Crippen LogP contribution in [0, 0.1) is 0 Å². The molecule has 0 radical (unpaired) electrons. The fourth-order valence-electron chi connectivity index (χ4n) is 1.85. The number of hydrogen-bond donors (Lipinski definition) is 1. The minimum atomic E-state index is -4.06. The van der Waals surface area contributed by atoms with Crippen molar-refractivity contribution in [2.24, 2.45) is 0 Å². The van der Waals surface area contributed by atoms with Crippen molar-refractivity contribution >= 4 is 31.9 Å². The Morgan fingerprint density at radius 3 is 2.52 bits per heavy atom. The summed E-state index contributed by atoms with van der Waals surface area (Å²) < 4.78 is 43.4. The van der Waals surface area contributed by atoms with Gasteiger partial charge in [-0.1, -0.05) is 15.9 Å². The normalized spacial score (nSPS) is 11.7. The average molecular weight is 433 g/mol. The summed E-state index contributed by atoms with van der Waals surface area (Å²) in [7, 11) is 0. The molecule has 0 heterocycles. The monoisotopic (exact) mass is 431 g/mol. The molecule has 0 unspecified atom stereocenters. The van der Waals surface area contributed by atoms with Crippen LogP contribution >= 0.6 is 31.9 Å². The first-order valence-electron chi connectivity index (χ1n) is 6.71. The number of hydrogen-bond acceptors (Lipinski definition) is 2. The van der Waals surface area contributed by atoms with Gasteiger partial charge in [0.15, 0.2) is 0 Å². The van der Waals surface area contributed by atoms with Crippen LogP contribution in [0.2, 0.25) is 0 Å². The number of nitrogens with one attached hydrogen (secondary N) is 1. The van der Waals surface area contributed by atoms with Crippen LogP contribution in [-0.2, 0) is 6.54 Å². The smallest absolute Gasteiger partial charge is 0.389 e. The molecule has 0 aliphatic carbocycles. The summed E-state index contributed by atoms with van der Waals surface area (Å²) in [5, 5.41) is 3.15. The van der Waals surface area contributed by atoms with Crippen molar-refractivity contribution in [3.05, 3.63) is 26.6 Å². The van der Waals surface area contributed by atoms with Crippen molar-refractivity contribution in [1.82, 2.24) is 5.32 Å². The molecular formula is C14H18Br2F3NO. The molecule has 120 valence electrons. The van der Waals surface area contributed by atoms with Crippen LogP contribution in [0.4, 0.5) is 13.2 Å². The Bertz CT molecular complexity index is 453. The van der Waals surface area contributed by atoms with E-state index in [2.05, 4.69) is 37.2 Å². The van der Waals surface area contributed by atoms with Gasteiger partial charge < -0.3 is 10.1 Å². The highest BCUT2D eigenvalue weighted by Gasteiger charge is 2.25. The average Bonchev–Trinajstić information content (AvgIpc) is 2.36. The molecule has 0 aliphatic rings. The number of halogens is 5. The SMILES string of the molecule is CCOc1c(Br)cc(Br)cc1CNCCCCC(F)(F)F. The predicted molar refractivity (Wildman–Crippen MR) is 84.6 cm³/mol. The third-order valence-corrected chi connectivity index (χ3v) is 3.80. The molecule has 0 saturated heterocycles. The first-order chi connectivity index (χ1) is 9.83. The predicted octanol–water partition coefficient (Wildman–Crippen LogP) is 5.43. The molecule has 0 spiro atoms. The van der Waals surface area contributed by atoms with Gasteiger partial charge in [-0.2, -0.15) is 13.2 Å². The molecule has 0 amide bonds. The van der Waals surface area contributed by atoms with Gasteiger partial charge in [-0.25, -0.2) is 0 Å². The number of benzene rings is 1. The quantitative estimate of drug-likeness (QED) is 0.553. The number of ether oxygens (including phenoxy) is 1. The molecule has 1 aromatic rings. The summed E-state index contributed by atoms with van der Waals surface area (Å²) in [6, 6.07) is 3.84. The second kappa shape index (κ2) is 9.00. The van der Waals surface area contributed by atoms with Crippen LogP contribution < -0.4 is 10.1 Å². The largest absolute Gasteiger partial charge is 0.492 e. The fourth-order valence-corrected chi connectivity index (χ4v) is 3.28. The molecule has 1 rings (SSSR count). The second-order valence-corrected chi connectivity index (χ2v) is 6.33. The van der Waals surface area contributed by atoms with E-state index in [0.717, 1.165) is 20.3 Å². The van der Waals surface area contributed by atoms with Gasteiger partial charge >= 0.3 is 6.18 Å². The molecule has 21 heavy (non-hydrogen) atoms. The molecule has 0 aromatic heterocycles. The van der Waals surface area contributed by atoms with E-state index >= 15 is 0 Å². The summed E-state index contributed by atoms with van der Waals surface area (Å²) in [4.78, 5) is 0. The number of rotatable bonds is 8. The standard InChI is InChI=1S/C14H18Br2F3NO/c1-2-21-13-10(7-11(15)8-12(13)16)9-20-6-4-3-5-14(17,18)19/h7-8,20H,2-6,9H2,1H3. The highest BCUT2D eigenvalue weighted by atomic mass is 79.9. The van der Waals surface area contributed by atoms with Crippen molar-refractivity contribution in [2.75, 3.05) is 13.2 Å². The Morgan fingerprint density at radius 1 is 1.19 bits per heavy atom. The maximum Gasteiger partial charge on any atom is 0.389 e. The van der Waals surface area contributed by atoms with Gasteiger partial charge in [-0.3, -0.25) is 0 Å². The molecule has 0 fully saturated rings. The van der Waals surface area contributed by atoms with Crippen LogP contribution in [-0.4, -0.2) is 19.3 Å². The lowest BCUT2D eigenvalue weighted by atomic mass is 10.2. The van der Waals surface area contributed by atoms with Gasteiger partial charge in [0.25, 0.3) is 0 Å². The summed E-state index contributed by atoms with van der Waals surface area (Å²) in [5.41, 5.74) is 0.967. The van der Waals surface area contributed by atoms with Crippen molar-refractivity contribution in [1.29, 1.82) is 0 Å². The van der Waals surface area contributed by atoms with E-state index < -0.39 is 12.6 Å². The summed E-state index contributed by atoms with van der Waals surface area (Å²) in [5.74, 6) is 0.767. The van der Waals surface area contributed by atoms with Crippen LogP contribution in [0.25, 0.3) is 0 Å². The summed E-state index contributed by atoms with van der Waals surface area (Å²) in [6.07, 6.45) is -4.13. The third kappa shape index (κ3) is 7.51. The zero-order valence-electron chi connectivity index (χ0n) is 11.7. The van der Waals surface area contributed by atoms with E-state index in [-0.39, 0.29) is 6.42 Å². The van der Waals surface area contributed by atoms with Crippen molar-refractivity contribution < 1.29 is 17.9 Å². The van der Waals surface area contributed by atoms with Crippen molar-refractivity contribution in [2.45, 2.75) is 38.9 Å². The second-order valence-electron chi connectivity index (χ2n) is 4.56. The zero-order valence-corrected chi connectivity index (χ0v) is 14.9. The van der Waals surface area contributed by atoms with Crippen LogP contribution in [0.15, 0.2) is 21.1 Å². The third-order valence-electron chi connectivity index (χ3n) is 2.75. The van der Waals surface area contributed by atoms with Gasteiger partial charge in [0, 0.05) is 23.0 Å². The maximum absolute atomic E-state index is 12.0. The van der Waals surface area contributed by atoms with Crippen molar-refractivity contribution in [3.8, 4) is 5.75 Å². The Balaban J connectivity index is 2.44. The van der Waals surface area contributed by atoms with Crippen LogP contribution in [0.1, 0.15) is 31.7 Å². The van der Waals surface area contributed by atoms with E-state index in [1.807, 2.05) is 19.1 Å². The van der Waals surface area contributed by atoms with E-state index in [9.17, 15) is 13.2 Å². The Labute approximate surface area is 139 Å². The molecular weight excluding hydrogens is 415 g/mol. The lowest BCUT2D eigenvalue weighted by Crippen LogP contribution is -2.16. The van der Waals surface area contributed by atoms with Gasteiger partial charge in [-0.05, 0) is 54.4 Å². The van der Waals surface area contributed by atoms with Crippen LogP contribution in [0.5, 0.6) is 5.75 Å². The van der Waals surface area contributed by atoms with Crippen molar-refractivity contribution in [3.63, 3.8) is 0 Å². The molecule has 1 N–H and O–H groups in total. The van der Waals surface area contributed by atoms with Gasteiger partial charge in [0.05, 0.1) is 11.1 Å². The lowest BCUT2D eigenvalue weighted by molar-refractivity contribution is -0.135. The molecule has 0 atom stereocenters. The van der Waals surface area contributed by atoms with Crippen LogP contribution in [0.3, 0.4) is 0 Å². The molecule has 0 bridgehead atoms. The Kier molecular flexibility index (Phi) is 8.05. The Hall–Kier alpha value is -0.270. The highest BCUT2D eigenvalue weighted by molar-refractivity contribution is 9.11. The number of alkyl halides is 3. The first kappa shape index (κ1) is 18.8. The summed E-state index contributed by atoms with van der Waals surface area (Å²) >= 11 is 6.86. The Morgan fingerprint density at radius 2 is 1.90 bits per heavy atom.